The van der Waals surface area contributed by atoms with Gasteiger partial charge in [-0.1, -0.05) is 90.5 Å². The summed E-state index contributed by atoms with van der Waals surface area (Å²) in [6, 6.07) is 14.0. The molecule has 1 aliphatic carbocycles. The first kappa shape index (κ1) is 54.0. The minimum absolute atomic E-state index is 0. The van der Waals surface area contributed by atoms with Crippen LogP contribution in [-0.4, -0.2) is 66.4 Å². The summed E-state index contributed by atoms with van der Waals surface area (Å²) in [6.45, 7) is 8.86. The van der Waals surface area contributed by atoms with Gasteiger partial charge in [0.25, 0.3) is 0 Å². The zero-order valence-electron chi connectivity index (χ0n) is 30.0. The third-order valence-electron chi connectivity index (χ3n) is 8.55. The molecule has 0 aromatic heterocycles. The Balaban J connectivity index is 0. The summed E-state index contributed by atoms with van der Waals surface area (Å²) in [5.74, 6) is 0. The van der Waals surface area contributed by atoms with E-state index >= 15 is 0 Å². The van der Waals surface area contributed by atoms with Crippen LogP contribution in [0.25, 0.3) is 11.1 Å². The van der Waals surface area contributed by atoms with Crippen LogP contribution in [-0.2, 0) is 55.9 Å². The number of fused-ring (bicyclic) bond motifs is 3. The largest absolute Gasteiger partial charge is 1.00 e. The van der Waals surface area contributed by atoms with Crippen LogP contribution in [0.15, 0.2) is 36.4 Å². The van der Waals surface area contributed by atoms with Crippen LogP contribution >= 0.6 is 48.9 Å². The number of rotatable bonds is 18. The van der Waals surface area contributed by atoms with Gasteiger partial charge in [0.2, 0.25) is 0 Å². The van der Waals surface area contributed by atoms with Crippen molar-refractivity contribution < 1.29 is 118 Å². The van der Waals surface area contributed by atoms with E-state index in [1.54, 1.807) is 0 Å². The molecular formula is C33H42N4Na4S8. The number of nitrogens with zero attached hydrogens (tertiary/aromatic N) is 2. The topological polar surface area (TPSA) is 30.5 Å². The number of hydrogen-bond donors (Lipinski definition) is 2. The standard InChI is InChI=1S/C33H46N4S8.4Na/c1-23-9-11-25-26-12-10-24(2)22-28(26)33(27(25)21-23,13-5-3-7-17-36(31(42)43)19-15-34-29(38)39)14-6-4-8-18-37(32(44)45)20-16-35-30(40)41;;;;/h9-12,21-22H,3-8,13-20H2,1-2H3,(H,42,43)(H,44,45)(H2,34,38,39)(H2,35,40,41);;;;/q;4*+1/p-4. The van der Waals surface area contributed by atoms with E-state index < -0.39 is 0 Å². The summed E-state index contributed by atoms with van der Waals surface area (Å²) in [7, 11) is 0. The molecule has 0 spiro atoms. The molecule has 0 bridgehead atoms. The molecule has 0 aliphatic heterocycles. The van der Waals surface area contributed by atoms with E-state index in [1.165, 1.54) is 33.4 Å². The normalized spacial score (nSPS) is 11.6. The second-order valence-corrected chi connectivity index (χ2v) is 15.9. The fraction of sp³-hybridized carbons (Fsp3) is 0.515. The van der Waals surface area contributed by atoms with Crippen LogP contribution in [0.3, 0.4) is 0 Å². The summed E-state index contributed by atoms with van der Waals surface area (Å²) in [5, 5.41) is 6.06. The van der Waals surface area contributed by atoms with E-state index in [0.717, 1.165) is 64.5 Å². The molecule has 0 unspecified atom stereocenters. The van der Waals surface area contributed by atoms with Gasteiger partial charge in [0.1, 0.15) is 0 Å². The smallest absolute Gasteiger partial charge is 0.412 e. The molecule has 2 N–H and O–H groups in total. The first-order valence-electron chi connectivity index (χ1n) is 15.5. The molecule has 2 aromatic rings. The van der Waals surface area contributed by atoms with Crippen molar-refractivity contribution in [3.05, 3.63) is 58.7 Å². The van der Waals surface area contributed by atoms with Gasteiger partial charge in [-0.3, -0.25) is 0 Å². The third-order valence-corrected chi connectivity index (χ3v) is 10.2. The molecule has 2 aromatic carbocycles. The van der Waals surface area contributed by atoms with Gasteiger partial charge in [-0.05, 0) is 61.8 Å². The SMILES string of the molecule is Cc1ccc2c(c1)C(CCCCCN(CCNC(=S)[S-])C(=S)[S-])(CCCCCN(CCNC(=S)[S-])C(=S)[S-])c1cc(C)ccc1-2.[Na+].[Na+].[Na+].[Na+]. The molecule has 4 nitrogen and oxygen atoms in total. The van der Waals surface area contributed by atoms with Crippen molar-refractivity contribution in [1.29, 1.82) is 0 Å². The van der Waals surface area contributed by atoms with Crippen molar-refractivity contribution in [2.75, 3.05) is 39.3 Å². The molecule has 3 rings (SSSR count). The summed E-state index contributed by atoms with van der Waals surface area (Å²) in [5.41, 5.74) is 8.37. The van der Waals surface area contributed by atoms with Crippen molar-refractivity contribution in [3.8, 4) is 11.1 Å². The molecular weight excluding hydrogens is 801 g/mol. The Bertz CT molecular complexity index is 1270. The molecule has 0 saturated carbocycles. The Kier molecular flexibility index (Phi) is 31.2. The van der Waals surface area contributed by atoms with Gasteiger partial charge >= 0.3 is 118 Å². The Hall–Kier alpha value is 2.88. The molecule has 49 heavy (non-hydrogen) atoms. The second kappa shape index (κ2) is 28.3. The second-order valence-electron chi connectivity index (χ2n) is 11.7. The third kappa shape index (κ3) is 17.7. The first-order valence-corrected chi connectivity index (χ1v) is 18.8. The molecule has 0 fully saturated rings. The van der Waals surface area contributed by atoms with E-state index in [4.69, 9.17) is 99.4 Å². The monoisotopic (exact) mass is 842 g/mol. The van der Waals surface area contributed by atoms with E-state index in [9.17, 15) is 0 Å². The van der Waals surface area contributed by atoms with Crippen molar-refractivity contribution in [2.45, 2.75) is 70.6 Å². The Morgan fingerprint density at radius 2 is 0.939 bits per heavy atom. The average molecular weight is 843 g/mol. The van der Waals surface area contributed by atoms with Crippen molar-refractivity contribution in [3.63, 3.8) is 0 Å². The quantitative estimate of drug-likeness (QED) is 0.0653. The van der Waals surface area contributed by atoms with E-state index in [2.05, 4.69) is 70.7 Å². The fourth-order valence-electron chi connectivity index (χ4n) is 6.37. The summed E-state index contributed by atoms with van der Waals surface area (Å²) >= 11 is 41.2. The number of thiocarbonyl (C=S) groups is 4. The minimum Gasteiger partial charge on any atom is -0.412 e. The van der Waals surface area contributed by atoms with Crippen LogP contribution in [0, 0.1) is 13.8 Å². The fourth-order valence-corrected chi connectivity index (χ4v) is 7.51. The summed E-state index contributed by atoms with van der Waals surface area (Å²) < 4.78 is 1.77. The number of hydrogen-bond acceptors (Lipinski definition) is 8. The van der Waals surface area contributed by atoms with Gasteiger partial charge in [-0.25, -0.2) is 0 Å². The molecule has 0 heterocycles. The van der Waals surface area contributed by atoms with Gasteiger partial charge in [0.05, 0.1) is 0 Å². The zero-order chi connectivity index (χ0) is 33.0. The number of benzene rings is 2. The summed E-state index contributed by atoms with van der Waals surface area (Å²) in [4.78, 5) is 4.15. The maximum absolute atomic E-state index is 5.35. The molecule has 0 radical (unpaired) electrons. The molecule has 16 heteroatoms. The predicted octanol–water partition coefficient (Wildman–Crippen LogP) is -5.18. The minimum atomic E-state index is -0.00510. The van der Waals surface area contributed by atoms with E-state index in [-0.39, 0.29) is 124 Å². The van der Waals surface area contributed by atoms with Gasteiger partial charge in [-0.2, -0.15) is 0 Å². The van der Waals surface area contributed by atoms with Gasteiger partial charge in [0, 0.05) is 44.7 Å². The zero-order valence-corrected chi connectivity index (χ0v) is 44.6. The van der Waals surface area contributed by atoms with Crippen molar-refractivity contribution in [2.24, 2.45) is 0 Å². The maximum Gasteiger partial charge on any atom is 1.00 e. The molecule has 1 aliphatic rings. The Labute approximate surface area is 427 Å². The Morgan fingerprint density at radius 1 is 0.571 bits per heavy atom. The van der Waals surface area contributed by atoms with Crippen molar-refractivity contribution >= 4 is 117 Å². The van der Waals surface area contributed by atoms with E-state index in [1.807, 2.05) is 0 Å². The average Bonchev–Trinajstić information content (AvgIpc) is 3.22. The molecule has 246 valence electrons. The molecule has 0 saturated heterocycles. The molecule has 0 amide bonds. The van der Waals surface area contributed by atoms with Crippen LogP contribution in [0.4, 0.5) is 0 Å². The number of unbranched alkanes of at least 4 members (excludes halogenated alkanes) is 4. The molecule has 0 atom stereocenters. The van der Waals surface area contributed by atoms with Crippen LogP contribution in [0.5, 0.6) is 0 Å². The van der Waals surface area contributed by atoms with Crippen LogP contribution < -0.4 is 129 Å². The van der Waals surface area contributed by atoms with Gasteiger partial charge in [-0.15, -0.1) is 0 Å². The number of aryl methyl sites for hydroxylation is 2. The van der Waals surface area contributed by atoms with Gasteiger partial charge in [0.15, 0.2) is 0 Å². The van der Waals surface area contributed by atoms with Gasteiger partial charge < -0.3 is 120 Å². The first-order chi connectivity index (χ1) is 21.4. The Morgan fingerprint density at radius 3 is 1.27 bits per heavy atom. The van der Waals surface area contributed by atoms with Crippen molar-refractivity contribution in [1.82, 2.24) is 20.4 Å². The number of nitrogens with one attached hydrogen (secondary N) is 2. The summed E-state index contributed by atoms with van der Waals surface area (Å²) in [6.07, 6.45) is 8.77. The van der Waals surface area contributed by atoms with E-state index in [0.29, 0.717) is 43.5 Å². The maximum atomic E-state index is 5.35. The van der Waals surface area contributed by atoms with Crippen LogP contribution in [0.1, 0.15) is 73.6 Å². The van der Waals surface area contributed by atoms with Crippen LogP contribution in [0.2, 0.25) is 0 Å². The predicted molar refractivity (Wildman–Crippen MR) is 218 cm³/mol.